The van der Waals surface area contributed by atoms with E-state index < -0.39 is 5.60 Å². The summed E-state index contributed by atoms with van der Waals surface area (Å²) in [7, 11) is 7.49. The molecule has 2 unspecified atom stereocenters. The fourth-order valence-corrected chi connectivity index (χ4v) is 4.40. The second-order valence-electron chi connectivity index (χ2n) is 8.15. The van der Waals surface area contributed by atoms with Crippen LogP contribution in [0.1, 0.15) is 36.8 Å². The minimum Gasteiger partial charge on any atom is -0.497 e. The molecule has 0 aliphatic heterocycles. The molecule has 0 spiro atoms. The lowest BCUT2D eigenvalue weighted by Gasteiger charge is -2.39. The Kier molecular flexibility index (Phi) is 6.99. The largest absolute Gasteiger partial charge is 0.497 e. The van der Waals surface area contributed by atoms with Gasteiger partial charge in [-0.1, -0.05) is 36.8 Å². The summed E-state index contributed by atoms with van der Waals surface area (Å²) in [4.78, 5) is 2.17. The summed E-state index contributed by atoms with van der Waals surface area (Å²) in [6.45, 7) is 0.827. The molecule has 1 fully saturated rings. The molecule has 0 bridgehead atoms. The molecule has 3 rings (SSSR count). The third kappa shape index (κ3) is 4.82. The molecule has 1 saturated carbocycles. The summed E-state index contributed by atoms with van der Waals surface area (Å²) in [5.41, 5.74) is 2.02. The van der Waals surface area contributed by atoms with Gasteiger partial charge in [0, 0.05) is 12.5 Å². The maximum Gasteiger partial charge on any atom is 0.119 e. The first-order chi connectivity index (χ1) is 14.0. The molecular weight excluding hydrogens is 362 g/mol. The fraction of sp³-hybridized carbons (Fsp3) is 0.440. The average Bonchev–Trinajstić information content (AvgIpc) is 2.88. The number of benzene rings is 2. The lowest BCUT2D eigenvalue weighted by atomic mass is 9.74. The predicted octanol–water partition coefficient (Wildman–Crippen LogP) is 4.73. The topological polar surface area (TPSA) is 41.9 Å². The summed E-state index contributed by atoms with van der Waals surface area (Å²) in [6.07, 6.45) is 6.23. The van der Waals surface area contributed by atoms with Gasteiger partial charge in [-0.25, -0.2) is 0 Å². The third-order valence-electron chi connectivity index (χ3n) is 5.88. The van der Waals surface area contributed by atoms with Gasteiger partial charge in [0.2, 0.25) is 0 Å². The van der Waals surface area contributed by atoms with Gasteiger partial charge in [0.1, 0.15) is 17.1 Å². The van der Waals surface area contributed by atoms with Crippen LogP contribution in [-0.2, 0) is 5.60 Å². The van der Waals surface area contributed by atoms with Crippen LogP contribution in [0.2, 0.25) is 0 Å². The summed E-state index contributed by atoms with van der Waals surface area (Å²) in [6, 6.07) is 15.9. The van der Waals surface area contributed by atoms with Crippen LogP contribution in [0, 0.1) is 5.92 Å². The van der Waals surface area contributed by atoms with Crippen molar-refractivity contribution in [2.75, 3.05) is 34.9 Å². The Balaban J connectivity index is 2.12. The average molecular weight is 396 g/mol. The Morgan fingerprint density at radius 3 is 2.41 bits per heavy atom. The first-order valence-corrected chi connectivity index (χ1v) is 10.3. The number of hydrogen-bond donors (Lipinski definition) is 1. The van der Waals surface area contributed by atoms with Gasteiger partial charge >= 0.3 is 0 Å². The summed E-state index contributed by atoms with van der Waals surface area (Å²) >= 11 is 0. The zero-order valence-electron chi connectivity index (χ0n) is 18.0. The highest BCUT2D eigenvalue weighted by atomic mass is 16.5. The number of aliphatic hydroxyl groups is 1. The van der Waals surface area contributed by atoms with Gasteiger partial charge in [0.15, 0.2) is 0 Å². The molecule has 0 radical (unpaired) electrons. The SMILES string of the molecule is COc1ccc(C=C2CCCCC(CN(C)C)C2(O)c2cccc(OC)c2)cc1. The Morgan fingerprint density at radius 1 is 1.03 bits per heavy atom. The number of nitrogens with zero attached hydrogens (tertiary/aromatic N) is 1. The molecular formula is C25H33NO3. The standard InChI is InChI=1S/C25H33NO3/c1-26(2)18-22-9-6-5-8-20(16-19-12-14-23(28-3)15-13-19)25(22,27)21-10-7-11-24(17-21)29-4/h7,10-17,22,27H,5-6,8-9,18H2,1-4H3. The van der Waals surface area contributed by atoms with Gasteiger partial charge in [-0.15, -0.1) is 0 Å². The zero-order valence-corrected chi connectivity index (χ0v) is 18.0. The van der Waals surface area contributed by atoms with E-state index in [0.717, 1.165) is 60.4 Å². The highest BCUT2D eigenvalue weighted by Crippen LogP contribution is 2.46. The van der Waals surface area contributed by atoms with E-state index in [9.17, 15) is 5.11 Å². The van der Waals surface area contributed by atoms with Gasteiger partial charge in [0.25, 0.3) is 0 Å². The maximum atomic E-state index is 12.3. The molecule has 4 heteroatoms. The van der Waals surface area contributed by atoms with Crippen molar-refractivity contribution in [1.29, 1.82) is 0 Å². The van der Waals surface area contributed by atoms with Crippen LogP contribution >= 0.6 is 0 Å². The molecule has 2 aromatic carbocycles. The van der Waals surface area contributed by atoms with E-state index in [2.05, 4.69) is 25.1 Å². The smallest absolute Gasteiger partial charge is 0.119 e. The lowest BCUT2D eigenvalue weighted by molar-refractivity contribution is 0.000337. The highest BCUT2D eigenvalue weighted by molar-refractivity contribution is 5.58. The minimum absolute atomic E-state index is 0.108. The van der Waals surface area contributed by atoms with Crippen molar-refractivity contribution in [3.05, 3.63) is 65.2 Å². The number of ether oxygens (including phenoxy) is 2. The van der Waals surface area contributed by atoms with Gasteiger partial charge in [-0.05, 0) is 74.3 Å². The molecule has 0 heterocycles. The zero-order chi connectivity index (χ0) is 20.9. The number of methoxy groups -OCH3 is 2. The molecule has 1 N–H and O–H groups in total. The van der Waals surface area contributed by atoms with E-state index in [-0.39, 0.29) is 5.92 Å². The minimum atomic E-state index is -1.03. The van der Waals surface area contributed by atoms with Crippen LogP contribution in [0.3, 0.4) is 0 Å². The normalized spacial score (nSPS) is 23.8. The summed E-state index contributed by atoms with van der Waals surface area (Å²) < 4.78 is 10.7. The van der Waals surface area contributed by atoms with E-state index in [4.69, 9.17) is 9.47 Å². The van der Waals surface area contributed by atoms with E-state index in [1.165, 1.54) is 0 Å². The fourth-order valence-electron chi connectivity index (χ4n) is 4.40. The van der Waals surface area contributed by atoms with E-state index >= 15 is 0 Å². The second-order valence-corrected chi connectivity index (χ2v) is 8.15. The molecule has 1 aliphatic rings. The van der Waals surface area contributed by atoms with Crippen LogP contribution in [-0.4, -0.2) is 44.9 Å². The molecule has 2 aromatic rings. The Labute approximate surface area is 174 Å². The van der Waals surface area contributed by atoms with Gasteiger partial charge < -0.3 is 19.5 Å². The maximum absolute atomic E-state index is 12.3. The Hall–Kier alpha value is -2.30. The van der Waals surface area contributed by atoms with Crippen molar-refractivity contribution in [1.82, 2.24) is 4.90 Å². The number of hydrogen-bond acceptors (Lipinski definition) is 4. The van der Waals surface area contributed by atoms with Crippen molar-refractivity contribution in [2.45, 2.75) is 31.3 Å². The van der Waals surface area contributed by atoms with Crippen LogP contribution in [0.25, 0.3) is 6.08 Å². The van der Waals surface area contributed by atoms with E-state index in [1.54, 1.807) is 14.2 Å². The molecule has 0 amide bonds. The van der Waals surface area contributed by atoms with Crippen LogP contribution in [0.5, 0.6) is 11.5 Å². The quantitative estimate of drug-likeness (QED) is 0.718. The number of rotatable bonds is 6. The molecule has 0 aromatic heterocycles. The first-order valence-electron chi connectivity index (χ1n) is 10.3. The molecule has 156 valence electrons. The molecule has 1 aliphatic carbocycles. The van der Waals surface area contributed by atoms with Crippen molar-refractivity contribution in [3.8, 4) is 11.5 Å². The predicted molar refractivity (Wildman–Crippen MR) is 118 cm³/mol. The highest BCUT2D eigenvalue weighted by Gasteiger charge is 2.43. The Morgan fingerprint density at radius 2 is 1.76 bits per heavy atom. The second kappa shape index (κ2) is 9.47. The third-order valence-corrected chi connectivity index (χ3v) is 5.88. The van der Waals surface area contributed by atoms with Crippen molar-refractivity contribution < 1.29 is 14.6 Å². The summed E-state index contributed by atoms with van der Waals surface area (Å²) in [5, 5.41) is 12.3. The first kappa shape index (κ1) is 21.4. The van der Waals surface area contributed by atoms with Crippen molar-refractivity contribution in [3.63, 3.8) is 0 Å². The van der Waals surface area contributed by atoms with Crippen LogP contribution < -0.4 is 9.47 Å². The van der Waals surface area contributed by atoms with Crippen molar-refractivity contribution in [2.24, 2.45) is 5.92 Å². The molecule has 2 atom stereocenters. The van der Waals surface area contributed by atoms with E-state index in [1.807, 2.05) is 48.5 Å². The van der Waals surface area contributed by atoms with E-state index in [0.29, 0.717) is 0 Å². The lowest BCUT2D eigenvalue weighted by Crippen LogP contribution is -2.41. The van der Waals surface area contributed by atoms with Crippen LogP contribution in [0.15, 0.2) is 54.1 Å². The Bertz CT molecular complexity index is 828. The summed E-state index contributed by atoms with van der Waals surface area (Å²) in [5.74, 6) is 1.71. The van der Waals surface area contributed by atoms with Gasteiger partial charge in [-0.2, -0.15) is 0 Å². The van der Waals surface area contributed by atoms with Gasteiger partial charge in [-0.3, -0.25) is 0 Å². The van der Waals surface area contributed by atoms with Crippen molar-refractivity contribution >= 4 is 6.08 Å². The molecule has 29 heavy (non-hydrogen) atoms. The van der Waals surface area contributed by atoms with Crippen LogP contribution in [0.4, 0.5) is 0 Å². The monoisotopic (exact) mass is 395 g/mol. The molecule has 4 nitrogen and oxygen atoms in total. The van der Waals surface area contributed by atoms with Gasteiger partial charge in [0.05, 0.1) is 14.2 Å². The molecule has 0 saturated heterocycles.